The molecule has 1 aromatic rings. The molecule has 5 nitrogen and oxygen atoms in total. The van der Waals surface area contributed by atoms with E-state index in [0.29, 0.717) is 24.5 Å². The van der Waals surface area contributed by atoms with Crippen molar-refractivity contribution < 1.29 is 9.59 Å². The van der Waals surface area contributed by atoms with Crippen molar-refractivity contribution in [1.29, 1.82) is 0 Å². The summed E-state index contributed by atoms with van der Waals surface area (Å²) in [7, 11) is 0. The van der Waals surface area contributed by atoms with E-state index in [9.17, 15) is 9.59 Å². The Morgan fingerprint density at radius 2 is 1.92 bits per heavy atom. The molecule has 1 atom stereocenters. The van der Waals surface area contributed by atoms with Crippen LogP contribution in [0.15, 0.2) is 24.3 Å². The van der Waals surface area contributed by atoms with Gasteiger partial charge in [-0.1, -0.05) is 29.8 Å². The zero-order valence-electron chi connectivity index (χ0n) is 13.8. The van der Waals surface area contributed by atoms with E-state index in [0.717, 1.165) is 44.5 Å². The Bertz CT molecular complexity index is 600. The lowest BCUT2D eigenvalue weighted by Crippen LogP contribution is -2.55. The second kappa shape index (κ2) is 7.99. The predicted octanol–water partition coefficient (Wildman–Crippen LogP) is 1.70. The summed E-state index contributed by atoms with van der Waals surface area (Å²) in [4.78, 5) is 28.8. The zero-order chi connectivity index (χ0) is 16.9. The van der Waals surface area contributed by atoms with Crippen LogP contribution in [-0.4, -0.2) is 60.4 Å². The fraction of sp³-hybridized carbons (Fsp3) is 0.556. The molecule has 0 saturated carbocycles. The highest BCUT2D eigenvalue weighted by atomic mass is 35.5. The summed E-state index contributed by atoms with van der Waals surface area (Å²) in [6.07, 6.45) is 3.39. The second-order valence-corrected chi connectivity index (χ2v) is 6.89. The van der Waals surface area contributed by atoms with Crippen LogP contribution in [0.4, 0.5) is 0 Å². The highest BCUT2D eigenvalue weighted by Crippen LogP contribution is 2.18. The lowest BCUT2D eigenvalue weighted by Gasteiger charge is -2.38. The number of nitrogens with zero attached hydrogens (tertiary/aromatic N) is 2. The van der Waals surface area contributed by atoms with E-state index in [2.05, 4.69) is 10.2 Å². The molecule has 130 valence electrons. The van der Waals surface area contributed by atoms with Crippen LogP contribution in [0.2, 0.25) is 5.02 Å². The molecule has 0 unspecified atom stereocenters. The number of amides is 2. The van der Waals surface area contributed by atoms with Gasteiger partial charge >= 0.3 is 0 Å². The number of carbonyl (C=O) groups is 2. The first-order valence-electron chi connectivity index (χ1n) is 8.68. The molecule has 0 radical (unpaired) electrons. The van der Waals surface area contributed by atoms with Crippen LogP contribution in [0.3, 0.4) is 0 Å². The van der Waals surface area contributed by atoms with Gasteiger partial charge in [0, 0.05) is 37.7 Å². The number of rotatable bonds is 3. The van der Waals surface area contributed by atoms with Crippen molar-refractivity contribution in [1.82, 2.24) is 15.1 Å². The zero-order valence-corrected chi connectivity index (χ0v) is 14.6. The molecular formula is C18H24ClN3O2. The molecule has 24 heavy (non-hydrogen) atoms. The molecule has 3 rings (SSSR count). The molecule has 1 aromatic carbocycles. The maximum Gasteiger partial charge on any atom is 0.237 e. The first-order chi connectivity index (χ1) is 11.6. The van der Waals surface area contributed by atoms with Crippen LogP contribution in [0.1, 0.15) is 24.8 Å². The summed E-state index contributed by atoms with van der Waals surface area (Å²) >= 11 is 6.14. The topological polar surface area (TPSA) is 52.7 Å². The van der Waals surface area contributed by atoms with Gasteiger partial charge in [-0.3, -0.25) is 14.5 Å². The molecule has 2 aliphatic heterocycles. The number of piperazine rings is 1. The quantitative estimate of drug-likeness (QED) is 0.903. The molecule has 6 heteroatoms. The Kier molecular flexibility index (Phi) is 5.74. The maximum absolute atomic E-state index is 12.5. The average Bonchev–Trinajstić information content (AvgIpc) is 2.81. The molecule has 2 amide bonds. The normalized spacial score (nSPS) is 22.8. The number of hydrogen-bond donors (Lipinski definition) is 1. The van der Waals surface area contributed by atoms with Gasteiger partial charge in [-0.25, -0.2) is 0 Å². The highest BCUT2D eigenvalue weighted by Gasteiger charge is 2.30. The largest absolute Gasteiger partial charge is 0.355 e. The number of hydrogen-bond acceptors (Lipinski definition) is 3. The van der Waals surface area contributed by atoms with E-state index < -0.39 is 0 Å². The van der Waals surface area contributed by atoms with E-state index in [1.54, 1.807) is 0 Å². The average molecular weight is 350 g/mol. The Labute approximate surface area is 147 Å². The van der Waals surface area contributed by atoms with Crippen molar-refractivity contribution in [2.24, 2.45) is 0 Å². The van der Waals surface area contributed by atoms with Crippen molar-refractivity contribution in [3.05, 3.63) is 34.9 Å². The fourth-order valence-corrected chi connectivity index (χ4v) is 3.67. The summed E-state index contributed by atoms with van der Waals surface area (Å²) < 4.78 is 0. The SMILES string of the molecule is O=C1NCCCC[C@@H]1N1CCN(C(=O)Cc2ccccc2Cl)CC1. The molecule has 0 aliphatic carbocycles. The summed E-state index contributed by atoms with van der Waals surface area (Å²) in [5.41, 5.74) is 0.870. The molecule has 1 N–H and O–H groups in total. The maximum atomic E-state index is 12.5. The standard InChI is InChI=1S/C18H24ClN3O2/c19-15-6-2-1-5-14(15)13-17(23)22-11-9-21(10-12-22)16-7-3-4-8-20-18(16)24/h1-2,5-6,16H,3-4,7-13H2,(H,20,24)/t16-/m0/s1. The summed E-state index contributed by atoms with van der Waals surface area (Å²) in [5.74, 6) is 0.247. The van der Waals surface area contributed by atoms with Crippen LogP contribution in [0.5, 0.6) is 0 Å². The van der Waals surface area contributed by atoms with Crippen molar-refractivity contribution in [2.75, 3.05) is 32.7 Å². The second-order valence-electron chi connectivity index (χ2n) is 6.49. The van der Waals surface area contributed by atoms with Crippen LogP contribution in [0.25, 0.3) is 0 Å². The van der Waals surface area contributed by atoms with Gasteiger partial charge in [0.2, 0.25) is 11.8 Å². The first kappa shape index (κ1) is 17.2. The first-order valence-corrected chi connectivity index (χ1v) is 9.06. The minimum absolute atomic E-state index is 0.0340. The number of nitrogens with one attached hydrogen (secondary N) is 1. The minimum Gasteiger partial charge on any atom is -0.355 e. The Hall–Kier alpha value is -1.59. The van der Waals surface area contributed by atoms with E-state index in [4.69, 9.17) is 11.6 Å². The van der Waals surface area contributed by atoms with Gasteiger partial charge in [0.15, 0.2) is 0 Å². The van der Waals surface area contributed by atoms with Crippen LogP contribution in [-0.2, 0) is 16.0 Å². The van der Waals surface area contributed by atoms with Crippen molar-refractivity contribution >= 4 is 23.4 Å². The van der Waals surface area contributed by atoms with E-state index in [-0.39, 0.29) is 17.9 Å². The van der Waals surface area contributed by atoms with E-state index >= 15 is 0 Å². The highest BCUT2D eigenvalue weighted by molar-refractivity contribution is 6.31. The minimum atomic E-state index is -0.0340. The van der Waals surface area contributed by atoms with Gasteiger partial charge in [0.1, 0.15) is 0 Å². The third-order valence-electron chi connectivity index (χ3n) is 4.91. The van der Waals surface area contributed by atoms with Gasteiger partial charge < -0.3 is 10.2 Å². The molecule has 2 fully saturated rings. The van der Waals surface area contributed by atoms with Gasteiger partial charge in [-0.15, -0.1) is 0 Å². The Morgan fingerprint density at radius 3 is 2.67 bits per heavy atom. The van der Waals surface area contributed by atoms with Gasteiger partial charge in [0.25, 0.3) is 0 Å². The number of carbonyl (C=O) groups excluding carboxylic acids is 2. The van der Waals surface area contributed by atoms with Crippen molar-refractivity contribution in [2.45, 2.75) is 31.7 Å². The third kappa shape index (κ3) is 4.08. The van der Waals surface area contributed by atoms with Gasteiger partial charge in [0.05, 0.1) is 12.5 Å². The van der Waals surface area contributed by atoms with Gasteiger partial charge in [-0.05, 0) is 30.9 Å². The van der Waals surface area contributed by atoms with Crippen LogP contribution >= 0.6 is 11.6 Å². The van der Waals surface area contributed by atoms with Crippen LogP contribution in [0, 0.1) is 0 Å². The summed E-state index contributed by atoms with van der Waals surface area (Å²) in [6, 6.07) is 7.44. The monoisotopic (exact) mass is 349 g/mol. The fourth-order valence-electron chi connectivity index (χ4n) is 3.47. The summed E-state index contributed by atoms with van der Waals surface area (Å²) in [6.45, 7) is 3.64. The molecule has 0 spiro atoms. The molecular weight excluding hydrogens is 326 g/mol. The molecule has 0 bridgehead atoms. The van der Waals surface area contributed by atoms with Crippen molar-refractivity contribution in [3.63, 3.8) is 0 Å². The molecule has 2 saturated heterocycles. The lowest BCUT2D eigenvalue weighted by molar-refractivity contribution is -0.133. The smallest absolute Gasteiger partial charge is 0.237 e. The van der Waals surface area contributed by atoms with Gasteiger partial charge in [-0.2, -0.15) is 0 Å². The molecule has 2 aliphatic rings. The Balaban J connectivity index is 1.53. The Morgan fingerprint density at radius 1 is 1.17 bits per heavy atom. The molecule has 0 aromatic heterocycles. The number of benzene rings is 1. The number of halogens is 1. The van der Waals surface area contributed by atoms with Crippen LogP contribution < -0.4 is 5.32 Å². The van der Waals surface area contributed by atoms with E-state index in [1.165, 1.54) is 0 Å². The molecule has 2 heterocycles. The van der Waals surface area contributed by atoms with Crippen molar-refractivity contribution in [3.8, 4) is 0 Å². The van der Waals surface area contributed by atoms with E-state index in [1.807, 2.05) is 29.2 Å². The summed E-state index contributed by atoms with van der Waals surface area (Å²) in [5, 5.41) is 3.63. The predicted molar refractivity (Wildman–Crippen MR) is 94.0 cm³/mol. The lowest BCUT2D eigenvalue weighted by atomic mass is 10.1. The third-order valence-corrected chi connectivity index (χ3v) is 5.28.